The SMILES string of the molecule is Cc1ccsc1/C=C/C(=O)NCC1(CO)CCCC1. The van der Waals surface area contributed by atoms with Gasteiger partial charge in [-0.3, -0.25) is 4.79 Å². The fraction of sp³-hybridized carbons (Fsp3) is 0.533. The molecule has 2 N–H and O–H groups in total. The number of hydrogen-bond donors (Lipinski definition) is 2. The van der Waals surface area contributed by atoms with Crippen LogP contribution in [-0.4, -0.2) is 24.2 Å². The molecule has 4 heteroatoms. The highest BCUT2D eigenvalue weighted by atomic mass is 32.1. The molecule has 0 radical (unpaired) electrons. The highest BCUT2D eigenvalue weighted by Crippen LogP contribution is 2.36. The lowest BCUT2D eigenvalue weighted by atomic mass is 9.87. The summed E-state index contributed by atoms with van der Waals surface area (Å²) in [6.07, 6.45) is 7.77. The quantitative estimate of drug-likeness (QED) is 0.814. The molecule has 1 aliphatic carbocycles. The Bertz CT molecular complexity index is 458. The minimum absolute atomic E-state index is 0.0764. The van der Waals surface area contributed by atoms with Gasteiger partial charge in [-0.25, -0.2) is 0 Å². The fourth-order valence-corrected chi connectivity index (χ4v) is 3.38. The maximum atomic E-state index is 11.8. The van der Waals surface area contributed by atoms with E-state index in [0.29, 0.717) is 6.54 Å². The van der Waals surface area contributed by atoms with Crippen LogP contribution in [0.25, 0.3) is 6.08 Å². The second-order valence-electron chi connectivity index (χ2n) is 5.38. The third kappa shape index (κ3) is 3.67. The van der Waals surface area contributed by atoms with Crippen LogP contribution in [0.5, 0.6) is 0 Å². The van der Waals surface area contributed by atoms with Crippen molar-refractivity contribution in [3.8, 4) is 0 Å². The molecule has 1 fully saturated rings. The van der Waals surface area contributed by atoms with E-state index < -0.39 is 0 Å². The molecule has 19 heavy (non-hydrogen) atoms. The van der Waals surface area contributed by atoms with Crippen LogP contribution in [-0.2, 0) is 4.79 Å². The summed E-state index contributed by atoms with van der Waals surface area (Å²) >= 11 is 1.63. The summed E-state index contributed by atoms with van der Waals surface area (Å²) in [5.74, 6) is -0.0764. The number of carbonyl (C=O) groups is 1. The van der Waals surface area contributed by atoms with E-state index in [0.717, 1.165) is 30.6 Å². The maximum Gasteiger partial charge on any atom is 0.244 e. The minimum Gasteiger partial charge on any atom is -0.396 e. The van der Waals surface area contributed by atoms with E-state index in [2.05, 4.69) is 5.32 Å². The monoisotopic (exact) mass is 279 g/mol. The first kappa shape index (κ1) is 14.3. The second kappa shape index (κ2) is 6.35. The largest absolute Gasteiger partial charge is 0.396 e. The van der Waals surface area contributed by atoms with Gasteiger partial charge < -0.3 is 10.4 Å². The van der Waals surface area contributed by atoms with Crippen molar-refractivity contribution in [1.29, 1.82) is 0 Å². The molecule has 1 heterocycles. The Morgan fingerprint density at radius 1 is 1.53 bits per heavy atom. The Hall–Kier alpha value is -1.13. The number of amides is 1. The molecule has 1 aromatic rings. The first-order valence-electron chi connectivity index (χ1n) is 6.76. The van der Waals surface area contributed by atoms with Gasteiger partial charge in [0.25, 0.3) is 0 Å². The van der Waals surface area contributed by atoms with Gasteiger partial charge in [0.15, 0.2) is 0 Å². The molecule has 0 unspecified atom stereocenters. The van der Waals surface area contributed by atoms with Crippen molar-refractivity contribution in [2.24, 2.45) is 5.41 Å². The fourth-order valence-electron chi connectivity index (χ4n) is 2.56. The van der Waals surface area contributed by atoms with Crippen molar-refractivity contribution in [1.82, 2.24) is 5.32 Å². The standard InChI is InChI=1S/C15H21NO2S/c1-12-6-9-19-13(12)4-5-14(18)16-10-15(11-17)7-2-3-8-15/h4-6,9,17H,2-3,7-8,10-11H2,1H3,(H,16,18)/b5-4+. The van der Waals surface area contributed by atoms with Crippen LogP contribution in [0.4, 0.5) is 0 Å². The van der Waals surface area contributed by atoms with Gasteiger partial charge >= 0.3 is 0 Å². The van der Waals surface area contributed by atoms with Crippen molar-refractivity contribution in [3.63, 3.8) is 0 Å². The first-order valence-corrected chi connectivity index (χ1v) is 7.64. The first-order chi connectivity index (χ1) is 9.15. The highest BCUT2D eigenvalue weighted by molar-refractivity contribution is 7.11. The molecular weight excluding hydrogens is 258 g/mol. The highest BCUT2D eigenvalue weighted by Gasteiger charge is 2.33. The molecule has 0 atom stereocenters. The van der Waals surface area contributed by atoms with Crippen LogP contribution >= 0.6 is 11.3 Å². The maximum absolute atomic E-state index is 11.8. The van der Waals surface area contributed by atoms with Crippen LogP contribution < -0.4 is 5.32 Å². The number of rotatable bonds is 5. The van der Waals surface area contributed by atoms with Crippen molar-refractivity contribution < 1.29 is 9.90 Å². The molecule has 1 amide bonds. The van der Waals surface area contributed by atoms with Crippen molar-refractivity contribution in [2.75, 3.05) is 13.2 Å². The molecule has 0 bridgehead atoms. The van der Waals surface area contributed by atoms with Crippen LogP contribution in [0, 0.1) is 12.3 Å². The zero-order valence-corrected chi connectivity index (χ0v) is 12.1. The normalized spacial score (nSPS) is 18.0. The van der Waals surface area contributed by atoms with Gasteiger partial charge in [0.2, 0.25) is 5.91 Å². The number of aliphatic hydroxyl groups is 1. The van der Waals surface area contributed by atoms with Crippen molar-refractivity contribution in [3.05, 3.63) is 28.0 Å². The van der Waals surface area contributed by atoms with Gasteiger partial charge in [-0.15, -0.1) is 11.3 Å². The van der Waals surface area contributed by atoms with E-state index in [1.165, 1.54) is 5.56 Å². The Morgan fingerprint density at radius 2 is 2.26 bits per heavy atom. The molecule has 0 aromatic carbocycles. The van der Waals surface area contributed by atoms with Gasteiger partial charge in [-0.05, 0) is 42.9 Å². The number of carbonyl (C=O) groups excluding carboxylic acids is 1. The molecule has 0 aliphatic heterocycles. The minimum atomic E-state index is -0.0810. The number of hydrogen-bond acceptors (Lipinski definition) is 3. The lowest BCUT2D eigenvalue weighted by Crippen LogP contribution is -2.37. The van der Waals surface area contributed by atoms with E-state index in [1.807, 2.05) is 24.4 Å². The molecule has 1 aliphatic rings. The molecule has 1 saturated carbocycles. The summed E-state index contributed by atoms with van der Waals surface area (Å²) < 4.78 is 0. The summed E-state index contributed by atoms with van der Waals surface area (Å²) in [6.45, 7) is 2.78. The van der Waals surface area contributed by atoms with Crippen LogP contribution in [0.3, 0.4) is 0 Å². The molecule has 2 rings (SSSR count). The Balaban J connectivity index is 1.85. The number of aliphatic hydroxyl groups excluding tert-OH is 1. The summed E-state index contributed by atoms with van der Waals surface area (Å²) in [7, 11) is 0. The van der Waals surface area contributed by atoms with Gasteiger partial charge in [-0.2, -0.15) is 0 Å². The van der Waals surface area contributed by atoms with E-state index in [1.54, 1.807) is 17.4 Å². The van der Waals surface area contributed by atoms with Gasteiger partial charge in [0.05, 0.1) is 6.61 Å². The van der Waals surface area contributed by atoms with E-state index in [-0.39, 0.29) is 17.9 Å². The van der Waals surface area contributed by atoms with Gasteiger partial charge in [-0.1, -0.05) is 12.8 Å². The summed E-state index contributed by atoms with van der Waals surface area (Å²) in [6, 6.07) is 2.04. The molecule has 0 saturated heterocycles. The van der Waals surface area contributed by atoms with Crippen LogP contribution in [0.15, 0.2) is 17.5 Å². The number of aryl methyl sites for hydroxylation is 1. The lowest BCUT2D eigenvalue weighted by Gasteiger charge is -2.26. The van der Waals surface area contributed by atoms with Gasteiger partial charge in [0.1, 0.15) is 0 Å². The Kier molecular flexibility index (Phi) is 4.77. The molecule has 104 valence electrons. The second-order valence-corrected chi connectivity index (χ2v) is 6.33. The average Bonchev–Trinajstić information content (AvgIpc) is 3.04. The summed E-state index contributed by atoms with van der Waals surface area (Å²) in [5.41, 5.74) is 1.11. The number of nitrogens with one attached hydrogen (secondary N) is 1. The smallest absolute Gasteiger partial charge is 0.244 e. The topological polar surface area (TPSA) is 49.3 Å². The molecule has 1 aromatic heterocycles. The van der Waals surface area contributed by atoms with E-state index in [4.69, 9.17) is 0 Å². The Labute approximate surface area is 118 Å². The van der Waals surface area contributed by atoms with E-state index >= 15 is 0 Å². The third-order valence-electron chi connectivity index (χ3n) is 3.93. The predicted octanol–water partition coefficient (Wildman–Crippen LogP) is 2.74. The van der Waals surface area contributed by atoms with Crippen LogP contribution in [0.1, 0.15) is 36.1 Å². The van der Waals surface area contributed by atoms with E-state index in [9.17, 15) is 9.90 Å². The predicted molar refractivity (Wildman–Crippen MR) is 79.1 cm³/mol. The lowest BCUT2D eigenvalue weighted by molar-refractivity contribution is -0.117. The third-order valence-corrected chi connectivity index (χ3v) is 4.91. The van der Waals surface area contributed by atoms with Crippen molar-refractivity contribution >= 4 is 23.3 Å². The summed E-state index contributed by atoms with van der Waals surface area (Å²) in [4.78, 5) is 12.9. The average molecular weight is 279 g/mol. The zero-order chi connectivity index (χ0) is 13.7. The zero-order valence-electron chi connectivity index (χ0n) is 11.3. The molecular formula is C15H21NO2S. The molecule has 3 nitrogen and oxygen atoms in total. The number of thiophene rings is 1. The Morgan fingerprint density at radius 3 is 2.84 bits per heavy atom. The molecule has 0 spiro atoms. The van der Waals surface area contributed by atoms with Crippen molar-refractivity contribution in [2.45, 2.75) is 32.6 Å². The van der Waals surface area contributed by atoms with Gasteiger partial charge in [0, 0.05) is 22.9 Å². The summed E-state index contributed by atoms with van der Waals surface area (Å²) in [5, 5.41) is 14.4. The van der Waals surface area contributed by atoms with Crippen LogP contribution in [0.2, 0.25) is 0 Å².